The Morgan fingerprint density at radius 1 is 1.56 bits per heavy atom. The number of nitrogens with one attached hydrogen (secondary N) is 1. The van der Waals surface area contributed by atoms with Crippen LogP contribution < -0.4 is 11.3 Å². The molecule has 0 saturated heterocycles. The summed E-state index contributed by atoms with van der Waals surface area (Å²) in [5, 5.41) is 18.3. The monoisotopic (exact) mass is 255 g/mol. The van der Waals surface area contributed by atoms with Gasteiger partial charge < -0.3 is 15.9 Å². The molecule has 0 aromatic carbocycles. The van der Waals surface area contributed by atoms with E-state index in [4.69, 9.17) is 10.8 Å². The third-order valence-corrected chi connectivity index (χ3v) is 2.83. The van der Waals surface area contributed by atoms with E-state index >= 15 is 0 Å². The van der Waals surface area contributed by atoms with Crippen LogP contribution in [0.4, 0.5) is 5.95 Å². The fraction of sp³-hybridized carbons (Fsp3) is 0.545. The van der Waals surface area contributed by atoms with Gasteiger partial charge in [-0.25, -0.2) is 0 Å². The number of aromatic amines is 1. The molecule has 5 N–H and O–H groups in total. The van der Waals surface area contributed by atoms with Crippen molar-refractivity contribution in [1.29, 1.82) is 0 Å². The molecule has 1 heterocycles. The molecular formula is C11H17N3O4. The summed E-state index contributed by atoms with van der Waals surface area (Å²) in [4.78, 5) is 28.1. The minimum absolute atomic E-state index is 0.141. The number of carboxylic acid groups (broad SMARTS) is 1. The number of anilines is 1. The van der Waals surface area contributed by atoms with E-state index < -0.39 is 17.4 Å². The van der Waals surface area contributed by atoms with Gasteiger partial charge >= 0.3 is 5.97 Å². The molecule has 0 unspecified atom stereocenters. The van der Waals surface area contributed by atoms with Crippen molar-refractivity contribution in [2.24, 2.45) is 5.92 Å². The van der Waals surface area contributed by atoms with Gasteiger partial charge in [0.15, 0.2) is 0 Å². The molecule has 1 rings (SSSR count). The molecule has 0 bridgehead atoms. The van der Waals surface area contributed by atoms with Crippen molar-refractivity contribution in [2.75, 3.05) is 5.73 Å². The lowest BCUT2D eigenvalue weighted by molar-refractivity contribution is -0.142. The number of carbonyl (C=O) groups is 1. The van der Waals surface area contributed by atoms with Crippen LogP contribution in [-0.4, -0.2) is 26.2 Å². The second-order valence-corrected chi connectivity index (χ2v) is 4.09. The van der Waals surface area contributed by atoms with Crippen LogP contribution in [0, 0.1) is 5.92 Å². The van der Waals surface area contributed by atoms with Gasteiger partial charge in [-0.2, -0.15) is 4.98 Å². The molecule has 18 heavy (non-hydrogen) atoms. The fourth-order valence-corrected chi connectivity index (χ4v) is 1.76. The molecule has 0 aliphatic rings. The Labute approximate surface area is 104 Å². The van der Waals surface area contributed by atoms with Crippen molar-refractivity contribution < 1.29 is 15.0 Å². The summed E-state index contributed by atoms with van der Waals surface area (Å²) in [7, 11) is 0. The van der Waals surface area contributed by atoms with Crippen LogP contribution in [0.2, 0.25) is 0 Å². The summed E-state index contributed by atoms with van der Waals surface area (Å²) >= 11 is 0. The smallest absolute Gasteiger partial charge is 0.306 e. The summed E-state index contributed by atoms with van der Waals surface area (Å²) < 4.78 is 0. The van der Waals surface area contributed by atoms with Crippen molar-refractivity contribution in [3.63, 3.8) is 0 Å². The van der Waals surface area contributed by atoms with E-state index in [2.05, 4.69) is 9.97 Å². The number of aliphatic carboxylic acids is 1. The molecule has 1 aromatic heterocycles. The molecule has 1 atom stereocenters. The van der Waals surface area contributed by atoms with Crippen molar-refractivity contribution in [3.05, 3.63) is 15.9 Å². The normalized spacial score (nSPS) is 12.3. The Hall–Kier alpha value is -2.05. The highest BCUT2D eigenvalue weighted by molar-refractivity contribution is 5.69. The second kappa shape index (κ2) is 6.04. The van der Waals surface area contributed by atoms with Crippen LogP contribution in [0.1, 0.15) is 31.7 Å². The summed E-state index contributed by atoms with van der Waals surface area (Å²) in [5.41, 5.74) is 4.92. The Morgan fingerprint density at radius 3 is 2.72 bits per heavy atom. The van der Waals surface area contributed by atoms with Crippen molar-refractivity contribution in [2.45, 2.75) is 32.6 Å². The number of nitrogens with zero attached hydrogens (tertiary/aromatic N) is 1. The minimum Gasteiger partial charge on any atom is -0.493 e. The zero-order valence-electron chi connectivity index (χ0n) is 10.1. The molecule has 0 radical (unpaired) electrons. The van der Waals surface area contributed by atoms with Crippen molar-refractivity contribution >= 4 is 11.9 Å². The zero-order valence-corrected chi connectivity index (χ0v) is 10.1. The van der Waals surface area contributed by atoms with Gasteiger partial charge in [0.05, 0.1) is 11.5 Å². The number of H-pyrrole nitrogens is 1. The van der Waals surface area contributed by atoms with Crippen LogP contribution in [0.3, 0.4) is 0 Å². The third kappa shape index (κ3) is 3.47. The first-order valence-electron chi connectivity index (χ1n) is 5.76. The first-order chi connectivity index (χ1) is 8.45. The summed E-state index contributed by atoms with van der Waals surface area (Å²) in [6.07, 6.45) is 1.76. The first-order valence-corrected chi connectivity index (χ1v) is 5.76. The van der Waals surface area contributed by atoms with Gasteiger partial charge in [0.25, 0.3) is 5.56 Å². The molecule has 7 nitrogen and oxygen atoms in total. The highest BCUT2D eigenvalue weighted by Gasteiger charge is 2.16. The Morgan fingerprint density at radius 2 is 2.22 bits per heavy atom. The maximum atomic E-state index is 11.5. The van der Waals surface area contributed by atoms with Gasteiger partial charge in [-0.05, 0) is 25.7 Å². The molecule has 0 saturated carbocycles. The molecule has 0 amide bonds. The number of aromatic hydroxyl groups is 1. The average molecular weight is 255 g/mol. The van der Waals surface area contributed by atoms with E-state index in [1.54, 1.807) is 6.92 Å². The van der Waals surface area contributed by atoms with Gasteiger partial charge in [-0.1, -0.05) is 6.92 Å². The summed E-state index contributed by atoms with van der Waals surface area (Å²) in [5.74, 6) is -1.79. The Kier molecular flexibility index (Phi) is 4.70. The van der Waals surface area contributed by atoms with Gasteiger partial charge in [-0.15, -0.1) is 0 Å². The van der Waals surface area contributed by atoms with E-state index in [9.17, 15) is 14.7 Å². The van der Waals surface area contributed by atoms with Crippen LogP contribution in [-0.2, 0) is 11.2 Å². The standard InChI is InChI=1S/C11H17N3O4/c1-2-6(10(17)18)4-3-5-7-8(15)13-11(12)14-9(7)16/h6H,2-5H2,1H3,(H,17,18)(H4,12,13,14,15,16)/t6-/m1/s1. The van der Waals surface area contributed by atoms with Gasteiger partial charge in [0.2, 0.25) is 11.8 Å². The number of aromatic nitrogens is 2. The molecular weight excluding hydrogens is 238 g/mol. The quantitative estimate of drug-likeness (QED) is 0.585. The maximum Gasteiger partial charge on any atom is 0.306 e. The number of hydrogen-bond acceptors (Lipinski definition) is 5. The van der Waals surface area contributed by atoms with Gasteiger partial charge in [-0.3, -0.25) is 14.6 Å². The van der Waals surface area contributed by atoms with Gasteiger partial charge in [0, 0.05) is 0 Å². The molecule has 100 valence electrons. The molecule has 7 heteroatoms. The van der Waals surface area contributed by atoms with Gasteiger partial charge in [0.1, 0.15) is 0 Å². The second-order valence-electron chi connectivity index (χ2n) is 4.09. The van der Waals surface area contributed by atoms with E-state index in [0.717, 1.165) is 0 Å². The zero-order chi connectivity index (χ0) is 13.7. The first kappa shape index (κ1) is 14.0. The summed E-state index contributed by atoms with van der Waals surface area (Å²) in [6, 6.07) is 0. The lowest BCUT2D eigenvalue weighted by Gasteiger charge is -2.09. The van der Waals surface area contributed by atoms with Crippen LogP contribution in [0.15, 0.2) is 4.79 Å². The molecule has 0 aliphatic carbocycles. The van der Waals surface area contributed by atoms with Crippen molar-refractivity contribution in [1.82, 2.24) is 9.97 Å². The molecule has 1 aromatic rings. The summed E-state index contributed by atoms with van der Waals surface area (Å²) in [6.45, 7) is 1.80. The number of nitrogen functional groups attached to an aromatic ring is 1. The van der Waals surface area contributed by atoms with E-state index in [1.165, 1.54) is 0 Å². The van der Waals surface area contributed by atoms with E-state index in [1.807, 2.05) is 0 Å². The lowest BCUT2D eigenvalue weighted by Crippen LogP contribution is -2.17. The maximum absolute atomic E-state index is 11.5. The van der Waals surface area contributed by atoms with Crippen LogP contribution in [0.5, 0.6) is 5.88 Å². The highest BCUT2D eigenvalue weighted by Crippen LogP contribution is 2.16. The highest BCUT2D eigenvalue weighted by atomic mass is 16.4. The van der Waals surface area contributed by atoms with Crippen molar-refractivity contribution in [3.8, 4) is 5.88 Å². The fourth-order valence-electron chi connectivity index (χ4n) is 1.76. The molecule has 0 fully saturated rings. The third-order valence-electron chi connectivity index (χ3n) is 2.83. The predicted octanol–water partition coefficient (Wildman–Crippen LogP) is 0.491. The predicted molar refractivity (Wildman–Crippen MR) is 65.3 cm³/mol. The topological polar surface area (TPSA) is 129 Å². The lowest BCUT2D eigenvalue weighted by atomic mass is 9.98. The van der Waals surface area contributed by atoms with E-state index in [0.29, 0.717) is 19.3 Å². The number of rotatable bonds is 6. The number of hydrogen-bond donors (Lipinski definition) is 4. The minimum atomic E-state index is -0.842. The SMILES string of the molecule is CC[C@H](CCCc1c(O)nc(N)[nH]c1=O)C(=O)O. The van der Waals surface area contributed by atoms with Crippen LogP contribution in [0.25, 0.3) is 0 Å². The Bertz CT molecular complexity index is 484. The molecule has 0 aliphatic heterocycles. The number of nitrogens with two attached hydrogens (primary N) is 1. The van der Waals surface area contributed by atoms with Crippen LogP contribution >= 0.6 is 0 Å². The molecule has 0 spiro atoms. The Balaban J connectivity index is 2.65. The average Bonchev–Trinajstić information content (AvgIpc) is 2.26. The number of carboxylic acids is 1. The van der Waals surface area contributed by atoms with E-state index in [-0.39, 0.29) is 23.8 Å². The largest absolute Gasteiger partial charge is 0.493 e.